The Hall–Kier alpha value is -2.27. The fraction of sp³-hybridized carbons (Fsp3) is 0.318. The van der Waals surface area contributed by atoms with Gasteiger partial charge >= 0.3 is 5.63 Å². The molecule has 5 heteroatoms. The Labute approximate surface area is 165 Å². The summed E-state index contributed by atoms with van der Waals surface area (Å²) in [5, 5.41) is 1.07. The number of fused-ring (bicyclic) bond motifs is 5. The van der Waals surface area contributed by atoms with Crippen LogP contribution in [0.25, 0.3) is 11.0 Å². The summed E-state index contributed by atoms with van der Waals surface area (Å²) >= 11 is 3.52. The highest BCUT2D eigenvalue weighted by Crippen LogP contribution is 2.37. The lowest BCUT2D eigenvalue weighted by Crippen LogP contribution is -2.32. The molecule has 0 amide bonds. The van der Waals surface area contributed by atoms with Crippen molar-refractivity contribution in [2.24, 2.45) is 0 Å². The van der Waals surface area contributed by atoms with E-state index in [-0.39, 0.29) is 5.63 Å². The molecule has 1 aliphatic heterocycles. The van der Waals surface area contributed by atoms with Gasteiger partial charge in [-0.2, -0.15) is 0 Å². The molecular formula is C22H20BrNO3. The highest BCUT2D eigenvalue weighted by atomic mass is 79.9. The number of hydrogen-bond donors (Lipinski definition) is 0. The second kappa shape index (κ2) is 6.41. The van der Waals surface area contributed by atoms with Crippen LogP contribution in [0.4, 0.5) is 5.69 Å². The minimum Gasteiger partial charge on any atom is -0.473 e. The van der Waals surface area contributed by atoms with E-state index in [0.29, 0.717) is 18.9 Å². The number of ether oxygens (including phenoxy) is 1. The zero-order chi connectivity index (χ0) is 18.5. The van der Waals surface area contributed by atoms with Gasteiger partial charge in [0.05, 0.1) is 12.1 Å². The Bertz CT molecular complexity index is 1120. The van der Waals surface area contributed by atoms with Gasteiger partial charge in [-0.25, -0.2) is 4.79 Å². The monoisotopic (exact) mass is 425 g/mol. The van der Waals surface area contributed by atoms with Crippen molar-refractivity contribution in [3.63, 3.8) is 0 Å². The number of hydrogen-bond acceptors (Lipinski definition) is 4. The molecule has 2 heterocycles. The van der Waals surface area contributed by atoms with Gasteiger partial charge in [0.25, 0.3) is 0 Å². The summed E-state index contributed by atoms with van der Waals surface area (Å²) in [6, 6.07) is 10.3. The zero-order valence-electron chi connectivity index (χ0n) is 15.2. The maximum atomic E-state index is 12.6. The molecule has 5 rings (SSSR count). The minimum atomic E-state index is -0.178. The topological polar surface area (TPSA) is 42.7 Å². The van der Waals surface area contributed by atoms with E-state index >= 15 is 0 Å². The third kappa shape index (κ3) is 2.76. The van der Waals surface area contributed by atoms with Crippen LogP contribution in [0.5, 0.6) is 5.75 Å². The fourth-order valence-corrected chi connectivity index (χ4v) is 4.82. The highest BCUT2D eigenvalue weighted by Gasteiger charge is 2.25. The predicted octanol–water partition coefficient (Wildman–Crippen LogP) is 5.10. The standard InChI is InChI=1S/C22H20BrNO3/c1-13-10-14(23)6-8-19(13)24-11-18-20(26-12-24)9-7-16-15-4-2-3-5-17(15)22(25)27-21(16)18/h6-10H,2-5,11-12H2,1H3. The molecule has 1 aromatic heterocycles. The van der Waals surface area contributed by atoms with Crippen LogP contribution in [0.1, 0.15) is 35.1 Å². The molecule has 3 aromatic rings. The lowest BCUT2D eigenvalue weighted by atomic mass is 9.90. The average Bonchev–Trinajstić information content (AvgIpc) is 2.68. The quantitative estimate of drug-likeness (QED) is 0.508. The Morgan fingerprint density at radius 1 is 1.04 bits per heavy atom. The number of aryl methyl sites for hydroxylation is 2. The third-order valence-corrected chi connectivity index (χ3v) is 6.17. The Morgan fingerprint density at radius 3 is 2.67 bits per heavy atom. The lowest BCUT2D eigenvalue weighted by Gasteiger charge is -2.32. The first-order chi connectivity index (χ1) is 13.1. The van der Waals surface area contributed by atoms with E-state index in [1.165, 1.54) is 11.1 Å². The lowest BCUT2D eigenvalue weighted by molar-refractivity contribution is 0.289. The van der Waals surface area contributed by atoms with E-state index in [0.717, 1.165) is 58.1 Å². The molecule has 0 spiro atoms. The molecule has 0 saturated heterocycles. The number of anilines is 1. The molecule has 2 aliphatic rings. The van der Waals surface area contributed by atoms with Gasteiger partial charge in [-0.3, -0.25) is 0 Å². The Kier molecular flexibility index (Phi) is 4.01. The first-order valence-electron chi connectivity index (χ1n) is 9.36. The molecular weight excluding hydrogens is 406 g/mol. The smallest absolute Gasteiger partial charge is 0.339 e. The zero-order valence-corrected chi connectivity index (χ0v) is 16.8. The van der Waals surface area contributed by atoms with Crippen molar-refractivity contribution in [2.45, 2.75) is 39.2 Å². The van der Waals surface area contributed by atoms with Gasteiger partial charge in [0.2, 0.25) is 0 Å². The second-order valence-electron chi connectivity index (χ2n) is 7.37. The molecule has 4 nitrogen and oxygen atoms in total. The van der Waals surface area contributed by atoms with Gasteiger partial charge in [-0.1, -0.05) is 15.9 Å². The predicted molar refractivity (Wildman–Crippen MR) is 110 cm³/mol. The van der Waals surface area contributed by atoms with Crippen LogP contribution in [0.2, 0.25) is 0 Å². The summed E-state index contributed by atoms with van der Waals surface area (Å²) in [4.78, 5) is 14.8. The van der Waals surface area contributed by atoms with Gasteiger partial charge in [0.15, 0.2) is 6.73 Å². The van der Waals surface area contributed by atoms with Gasteiger partial charge in [-0.15, -0.1) is 0 Å². The van der Waals surface area contributed by atoms with Crippen LogP contribution in [0, 0.1) is 6.92 Å². The molecule has 2 aromatic carbocycles. The van der Waals surface area contributed by atoms with Gasteiger partial charge in [0, 0.05) is 21.1 Å². The molecule has 0 unspecified atom stereocenters. The maximum Gasteiger partial charge on any atom is 0.339 e. The normalized spacial score (nSPS) is 16.0. The van der Waals surface area contributed by atoms with Crippen LogP contribution in [0.15, 0.2) is 44.0 Å². The highest BCUT2D eigenvalue weighted by molar-refractivity contribution is 9.10. The van der Waals surface area contributed by atoms with E-state index in [2.05, 4.69) is 46.0 Å². The van der Waals surface area contributed by atoms with Crippen molar-refractivity contribution in [1.29, 1.82) is 0 Å². The first kappa shape index (κ1) is 16.9. The Balaban J connectivity index is 1.65. The van der Waals surface area contributed by atoms with Gasteiger partial charge in [0.1, 0.15) is 11.3 Å². The SMILES string of the molecule is Cc1cc(Br)ccc1N1COc2ccc3c4c(c(=O)oc3c2C1)CCCC4. The summed E-state index contributed by atoms with van der Waals surface area (Å²) < 4.78 is 12.9. The van der Waals surface area contributed by atoms with E-state index in [1.807, 2.05) is 12.1 Å². The fourth-order valence-electron chi connectivity index (χ4n) is 4.34. The van der Waals surface area contributed by atoms with Crippen LogP contribution in [0.3, 0.4) is 0 Å². The van der Waals surface area contributed by atoms with Crippen molar-refractivity contribution in [2.75, 3.05) is 11.6 Å². The second-order valence-corrected chi connectivity index (χ2v) is 8.29. The number of benzene rings is 2. The average molecular weight is 426 g/mol. The largest absolute Gasteiger partial charge is 0.473 e. The van der Waals surface area contributed by atoms with E-state index in [9.17, 15) is 4.79 Å². The van der Waals surface area contributed by atoms with Crippen molar-refractivity contribution >= 4 is 32.6 Å². The molecule has 0 bridgehead atoms. The molecule has 0 N–H and O–H groups in total. The maximum absolute atomic E-state index is 12.6. The van der Waals surface area contributed by atoms with Crippen LogP contribution in [-0.2, 0) is 19.4 Å². The molecule has 0 saturated carbocycles. The molecule has 1 aliphatic carbocycles. The van der Waals surface area contributed by atoms with Gasteiger partial charge in [-0.05, 0) is 74.1 Å². The van der Waals surface area contributed by atoms with E-state index < -0.39 is 0 Å². The van der Waals surface area contributed by atoms with E-state index in [1.54, 1.807) is 0 Å². The van der Waals surface area contributed by atoms with Crippen molar-refractivity contribution < 1.29 is 9.15 Å². The summed E-state index contributed by atoms with van der Waals surface area (Å²) in [6.07, 6.45) is 3.97. The molecule has 0 atom stereocenters. The summed E-state index contributed by atoms with van der Waals surface area (Å²) in [5.41, 5.74) is 5.82. The van der Waals surface area contributed by atoms with Crippen LogP contribution in [-0.4, -0.2) is 6.73 Å². The molecule has 0 radical (unpaired) electrons. The Morgan fingerprint density at radius 2 is 1.85 bits per heavy atom. The van der Waals surface area contributed by atoms with Crippen molar-refractivity contribution in [3.8, 4) is 5.75 Å². The summed E-state index contributed by atoms with van der Waals surface area (Å²) in [5.74, 6) is 0.812. The molecule has 27 heavy (non-hydrogen) atoms. The van der Waals surface area contributed by atoms with E-state index in [4.69, 9.17) is 9.15 Å². The molecule has 138 valence electrons. The summed E-state index contributed by atoms with van der Waals surface area (Å²) in [7, 11) is 0. The van der Waals surface area contributed by atoms with Crippen molar-refractivity contribution in [3.05, 3.63) is 67.5 Å². The number of nitrogens with zero attached hydrogens (tertiary/aromatic N) is 1. The van der Waals surface area contributed by atoms with Gasteiger partial charge < -0.3 is 14.1 Å². The number of rotatable bonds is 1. The first-order valence-corrected chi connectivity index (χ1v) is 10.2. The van der Waals surface area contributed by atoms with Crippen LogP contribution >= 0.6 is 15.9 Å². The number of halogens is 1. The third-order valence-electron chi connectivity index (χ3n) is 5.68. The summed E-state index contributed by atoms with van der Waals surface area (Å²) in [6.45, 7) is 3.24. The van der Waals surface area contributed by atoms with Crippen molar-refractivity contribution in [1.82, 2.24) is 0 Å². The molecule has 0 fully saturated rings. The van der Waals surface area contributed by atoms with Crippen LogP contribution < -0.4 is 15.3 Å². The minimum absolute atomic E-state index is 0.178.